The van der Waals surface area contributed by atoms with Gasteiger partial charge in [0.05, 0.1) is 11.9 Å². The molecular formula is C22H14N6O2. The third-order valence-electron chi connectivity index (χ3n) is 4.73. The number of nitrogen functional groups attached to an aromatic ring is 1. The minimum absolute atomic E-state index is 0.0259. The number of nitrogens with two attached hydrogens (primary N) is 1. The smallest absolute Gasteiger partial charge is 0.300 e. The summed E-state index contributed by atoms with van der Waals surface area (Å²) in [5.74, 6) is 0.000782. The maximum absolute atomic E-state index is 13.0. The SMILES string of the molecule is N#Cc1cnn(C(=O)c2cc(-c3cc4ccccc4o3)n(-c3ccccc3)n2)c1N. The number of para-hydroxylation sites is 2. The number of fused-ring (bicyclic) bond motifs is 1. The molecule has 0 bridgehead atoms. The van der Waals surface area contributed by atoms with E-state index in [9.17, 15) is 4.79 Å². The second kappa shape index (κ2) is 6.76. The molecule has 5 rings (SSSR count). The number of furan rings is 1. The van der Waals surface area contributed by atoms with Gasteiger partial charge in [-0.2, -0.15) is 20.1 Å². The van der Waals surface area contributed by atoms with Crippen LogP contribution in [0.25, 0.3) is 28.1 Å². The molecule has 0 radical (unpaired) electrons. The molecular weight excluding hydrogens is 380 g/mol. The Bertz CT molecular complexity index is 1400. The van der Waals surface area contributed by atoms with E-state index in [0.717, 1.165) is 21.3 Å². The Hall–Kier alpha value is -4.64. The molecule has 0 amide bonds. The van der Waals surface area contributed by atoms with Gasteiger partial charge in [0.15, 0.2) is 11.5 Å². The van der Waals surface area contributed by atoms with Crippen LogP contribution < -0.4 is 5.73 Å². The Labute approximate surface area is 170 Å². The summed E-state index contributed by atoms with van der Waals surface area (Å²) in [7, 11) is 0. The highest BCUT2D eigenvalue weighted by Crippen LogP contribution is 2.30. The molecule has 0 spiro atoms. The molecule has 0 unspecified atom stereocenters. The Morgan fingerprint density at radius 1 is 1.07 bits per heavy atom. The molecule has 0 saturated heterocycles. The lowest BCUT2D eigenvalue weighted by molar-refractivity contribution is 0.0942. The van der Waals surface area contributed by atoms with Crippen molar-refractivity contribution in [2.45, 2.75) is 0 Å². The molecule has 0 aliphatic carbocycles. The number of benzene rings is 2. The van der Waals surface area contributed by atoms with E-state index in [1.165, 1.54) is 6.20 Å². The highest BCUT2D eigenvalue weighted by atomic mass is 16.3. The van der Waals surface area contributed by atoms with Gasteiger partial charge in [-0.05, 0) is 24.3 Å². The van der Waals surface area contributed by atoms with Gasteiger partial charge >= 0.3 is 5.91 Å². The van der Waals surface area contributed by atoms with Gasteiger partial charge in [0, 0.05) is 11.5 Å². The Balaban J connectivity index is 1.68. The standard InChI is InChI=1S/C22H14N6O2/c23-12-15-13-25-28(21(15)24)22(29)17-11-18(27(26-17)16-7-2-1-3-8-16)20-10-14-6-4-5-9-19(14)30-20/h1-11,13H,24H2. The largest absolute Gasteiger partial charge is 0.454 e. The number of carbonyl (C=O) groups excluding carboxylic acids is 1. The molecule has 3 aromatic heterocycles. The fourth-order valence-corrected chi connectivity index (χ4v) is 3.25. The molecule has 0 saturated carbocycles. The second-order valence-corrected chi connectivity index (χ2v) is 6.58. The first-order valence-corrected chi connectivity index (χ1v) is 9.08. The molecule has 2 N–H and O–H groups in total. The van der Waals surface area contributed by atoms with Crippen molar-refractivity contribution in [3.05, 3.63) is 84.2 Å². The van der Waals surface area contributed by atoms with Crippen molar-refractivity contribution >= 4 is 22.7 Å². The van der Waals surface area contributed by atoms with Crippen LogP contribution in [-0.2, 0) is 0 Å². The van der Waals surface area contributed by atoms with E-state index in [1.54, 1.807) is 10.7 Å². The molecule has 5 aromatic rings. The zero-order valence-corrected chi connectivity index (χ0v) is 15.6. The topological polar surface area (TPSA) is 116 Å². The van der Waals surface area contributed by atoms with Gasteiger partial charge in [0.2, 0.25) is 0 Å². The third-order valence-corrected chi connectivity index (χ3v) is 4.73. The maximum Gasteiger partial charge on any atom is 0.300 e. The molecule has 3 heterocycles. The number of aromatic nitrogens is 4. The Morgan fingerprint density at radius 2 is 1.83 bits per heavy atom. The average molecular weight is 394 g/mol. The van der Waals surface area contributed by atoms with Crippen LogP contribution in [0.1, 0.15) is 16.1 Å². The first-order chi connectivity index (χ1) is 14.7. The van der Waals surface area contributed by atoms with E-state index in [0.29, 0.717) is 11.5 Å². The minimum Gasteiger partial charge on any atom is -0.454 e. The summed E-state index contributed by atoms with van der Waals surface area (Å²) in [6.45, 7) is 0. The zero-order valence-electron chi connectivity index (χ0n) is 15.6. The molecule has 144 valence electrons. The molecule has 2 aromatic carbocycles. The van der Waals surface area contributed by atoms with Crippen LogP contribution in [0, 0.1) is 11.3 Å². The van der Waals surface area contributed by atoms with Crippen molar-refractivity contribution in [2.75, 3.05) is 5.73 Å². The normalized spacial score (nSPS) is 10.9. The van der Waals surface area contributed by atoms with Crippen molar-refractivity contribution in [1.82, 2.24) is 19.6 Å². The van der Waals surface area contributed by atoms with E-state index in [2.05, 4.69) is 10.2 Å². The Morgan fingerprint density at radius 3 is 2.57 bits per heavy atom. The summed E-state index contributed by atoms with van der Waals surface area (Å²) in [6.07, 6.45) is 1.25. The molecule has 8 nitrogen and oxygen atoms in total. The number of nitrogens with zero attached hydrogens (tertiary/aromatic N) is 5. The van der Waals surface area contributed by atoms with Gasteiger partial charge in [-0.3, -0.25) is 4.79 Å². The molecule has 0 aliphatic heterocycles. The van der Waals surface area contributed by atoms with Crippen molar-refractivity contribution < 1.29 is 9.21 Å². The fourth-order valence-electron chi connectivity index (χ4n) is 3.25. The van der Waals surface area contributed by atoms with Crippen molar-refractivity contribution in [2.24, 2.45) is 0 Å². The summed E-state index contributed by atoms with van der Waals surface area (Å²) in [5, 5.41) is 18.4. The summed E-state index contributed by atoms with van der Waals surface area (Å²) in [6, 6.07) is 22.5. The predicted molar refractivity (Wildman–Crippen MR) is 110 cm³/mol. The minimum atomic E-state index is -0.541. The van der Waals surface area contributed by atoms with Crippen LogP contribution in [0.4, 0.5) is 5.82 Å². The summed E-state index contributed by atoms with van der Waals surface area (Å²) < 4.78 is 8.60. The van der Waals surface area contributed by atoms with Crippen LogP contribution >= 0.6 is 0 Å². The van der Waals surface area contributed by atoms with E-state index in [4.69, 9.17) is 15.4 Å². The van der Waals surface area contributed by atoms with Crippen LogP contribution in [0.2, 0.25) is 0 Å². The fraction of sp³-hybridized carbons (Fsp3) is 0. The quantitative estimate of drug-likeness (QED) is 0.500. The van der Waals surface area contributed by atoms with Gasteiger partial charge in [0.25, 0.3) is 0 Å². The van der Waals surface area contributed by atoms with Crippen LogP contribution in [0.15, 0.2) is 77.3 Å². The molecule has 30 heavy (non-hydrogen) atoms. The Kier molecular flexibility index (Phi) is 3.93. The first-order valence-electron chi connectivity index (χ1n) is 9.08. The molecule has 0 atom stereocenters. The highest BCUT2D eigenvalue weighted by molar-refractivity contribution is 5.97. The van der Waals surface area contributed by atoms with E-state index < -0.39 is 5.91 Å². The lowest BCUT2D eigenvalue weighted by Crippen LogP contribution is -2.17. The number of hydrogen-bond acceptors (Lipinski definition) is 6. The second-order valence-electron chi connectivity index (χ2n) is 6.58. The van der Waals surface area contributed by atoms with Gasteiger partial charge in [-0.25, -0.2) is 4.68 Å². The van der Waals surface area contributed by atoms with Crippen LogP contribution in [-0.4, -0.2) is 25.5 Å². The number of nitriles is 1. The average Bonchev–Trinajstić information content (AvgIpc) is 3.49. The zero-order chi connectivity index (χ0) is 20.7. The summed E-state index contributed by atoms with van der Waals surface area (Å²) in [4.78, 5) is 13.0. The summed E-state index contributed by atoms with van der Waals surface area (Å²) in [5.41, 5.74) is 8.22. The maximum atomic E-state index is 13.0. The van der Waals surface area contributed by atoms with Crippen molar-refractivity contribution in [1.29, 1.82) is 5.26 Å². The number of rotatable bonds is 3. The molecule has 0 aliphatic rings. The number of hydrogen-bond donors (Lipinski definition) is 1. The highest BCUT2D eigenvalue weighted by Gasteiger charge is 2.23. The van der Waals surface area contributed by atoms with E-state index in [1.807, 2.05) is 66.7 Å². The van der Waals surface area contributed by atoms with Gasteiger partial charge in [0.1, 0.15) is 28.7 Å². The van der Waals surface area contributed by atoms with E-state index >= 15 is 0 Å². The third kappa shape index (κ3) is 2.73. The lowest BCUT2D eigenvalue weighted by Gasteiger charge is -2.05. The predicted octanol–water partition coefficient (Wildman–Crippen LogP) is 3.62. The van der Waals surface area contributed by atoms with Crippen LogP contribution in [0.3, 0.4) is 0 Å². The molecule has 8 heteroatoms. The van der Waals surface area contributed by atoms with Crippen molar-refractivity contribution in [3.63, 3.8) is 0 Å². The van der Waals surface area contributed by atoms with Gasteiger partial charge in [-0.15, -0.1) is 0 Å². The lowest BCUT2D eigenvalue weighted by atomic mass is 10.2. The van der Waals surface area contributed by atoms with Gasteiger partial charge in [-0.1, -0.05) is 36.4 Å². The van der Waals surface area contributed by atoms with Gasteiger partial charge < -0.3 is 10.2 Å². The number of carbonyl (C=O) groups is 1. The van der Waals surface area contributed by atoms with Crippen LogP contribution in [0.5, 0.6) is 0 Å². The van der Waals surface area contributed by atoms with Crippen molar-refractivity contribution in [3.8, 4) is 23.2 Å². The first kappa shape index (κ1) is 17.5. The number of anilines is 1. The van der Waals surface area contributed by atoms with E-state index in [-0.39, 0.29) is 17.1 Å². The monoisotopic (exact) mass is 394 g/mol. The summed E-state index contributed by atoms with van der Waals surface area (Å²) >= 11 is 0. The molecule has 0 fully saturated rings.